The van der Waals surface area contributed by atoms with Crippen LogP contribution in [0.3, 0.4) is 0 Å². The Balaban J connectivity index is 2.00. The van der Waals surface area contributed by atoms with Gasteiger partial charge in [0.1, 0.15) is 11.2 Å². The fourth-order valence-corrected chi connectivity index (χ4v) is 2.09. The zero-order valence-corrected chi connectivity index (χ0v) is 9.43. The lowest BCUT2D eigenvalue weighted by molar-refractivity contribution is -0.163. The maximum Gasteiger partial charge on any atom is 0.318 e. The van der Waals surface area contributed by atoms with Gasteiger partial charge in [0, 0.05) is 0 Å². The van der Waals surface area contributed by atoms with E-state index in [-0.39, 0.29) is 25.7 Å². The van der Waals surface area contributed by atoms with Gasteiger partial charge in [-0.25, -0.2) is 0 Å². The molecule has 1 aromatic carbocycles. The lowest BCUT2D eigenvalue weighted by atomic mass is 9.78. The molecule has 94 valence electrons. The molecule has 2 N–H and O–H groups in total. The molecule has 1 aromatic rings. The number of hydrogen-bond acceptors (Lipinski definition) is 4. The zero-order chi connectivity index (χ0) is 12.8. The Labute approximate surface area is 103 Å². The van der Waals surface area contributed by atoms with E-state index in [0.29, 0.717) is 17.0 Å². The van der Waals surface area contributed by atoms with Crippen LogP contribution in [0.1, 0.15) is 5.56 Å². The van der Waals surface area contributed by atoms with Crippen molar-refractivity contribution in [3.8, 4) is 5.75 Å². The summed E-state index contributed by atoms with van der Waals surface area (Å²) in [5, 5.41) is 12.0. The lowest BCUT2D eigenvalue weighted by Crippen LogP contribution is -2.53. The molecule has 0 radical (unpaired) electrons. The van der Waals surface area contributed by atoms with E-state index in [1.165, 1.54) is 0 Å². The summed E-state index contributed by atoms with van der Waals surface area (Å²) in [6.45, 7) is 0.272. The smallest absolute Gasteiger partial charge is 0.318 e. The SMILES string of the molecule is O=C1COc2cc(C3(C(=O)O)COC3)ccc2N1. The minimum Gasteiger partial charge on any atom is -0.482 e. The predicted molar refractivity (Wildman–Crippen MR) is 60.7 cm³/mol. The van der Waals surface area contributed by atoms with Crippen LogP contribution in [0.5, 0.6) is 5.75 Å². The third kappa shape index (κ3) is 1.46. The van der Waals surface area contributed by atoms with Crippen LogP contribution in [0.2, 0.25) is 0 Å². The minimum atomic E-state index is -0.986. The van der Waals surface area contributed by atoms with E-state index in [9.17, 15) is 14.7 Å². The lowest BCUT2D eigenvalue weighted by Gasteiger charge is -2.38. The summed E-state index contributed by atoms with van der Waals surface area (Å²) in [5.41, 5.74) is 0.215. The van der Waals surface area contributed by atoms with Crippen LogP contribution in [-0.2, 0) is 19.7 Å². The first-order valence-corrected chi connectivity index (χ1v) is 5.50. The zero-order valence-electron chi connectivity index (χ0n) is 9.43. The highest BCUT2D eigenvalue weighted by Gasteiger charge is 2.48. The van der Waals surface area contributed by atoms with Gasteiger partial charge in [0.05, 0.1) is 18.9 Å². The van der Waals surface area contributed by atoms with Crippen molar-refractivity contribution in [3.05, 3.63) is 23.8 Å². The van der Waals surface area contributed by atoms with Crippen molar-refractivity contribution in [3.63, 3.8) is 0 Å². The molecule has 0 unspecified atom stereocenters. The van der Waals surface area contributed by atoms with Gasteiger partial charge in [-0.2, -0.15) is 0 Å². The van der Waals surface area contributed by atoms with Gasteiger partial charge in [0.15, 0.2) is 6.61 Å². The summed E-state index contributed by atoms with van der Waals surface area (Å²) in [5.74, 6) is -0.622. The first-order chi connectivity index (χ1) is 8.62. The van der Waals surface area contributed by atoms with Crippen LogP contribution < -0.4 is 10.1 Å². The highest BCUT2D eigenvalue weighted by atomic mass is 16.5. The molecule has 6 heteroatoms. The van der Waals surface area contributed by atoms with Crippen LogP contribution in [0.25, 0.3) is 0 Å². The van der Waals surface area contributed by atoms with Gasteiger partial charge >= 0.3 is 5.97 Å². The number of hydrogen-bond donors (Lipinski definition) is 2. The molecule has 2 aliphatic rings. The van der Waals surface area contributed by atoms with E-state index in [2.05, 4.69) is 5.32 Å². The number of fused-ring (bicyclic) bond motifs is 1. The molecule has 0 aliphatic carbocycles. The van der Waals surface area contributed by atoms with Crippen LogP contribution in [-0.4, -0.2) is 36.8 Å². The Bertz CT molecular complexity index is 535. The van der Waals surface area contributed by atoms with E-state index >= 15 is 0 Å². The van der Waals surface area contributed by atoms with Gasteiger partial charge in [-0.3, -0.25) is 9.59 Å². The first kappa shape index (κ1) is 11.0. The quantitative estimate of drug-likeness (QED) is 0.791. The van der Waals surface area contributed by atoms with Crippen LogP contribution in [0.15, 0.2) is 18.2 Å². The Morgan fingerprint density at radius 3 is 2.78 bits per heavy atom. The molecule has 18 heavy (non-hydrogen) atoms. The molecule has 0 spiro atoms. The Kier molecular flexibility index (Phi) is 2.27. The van der Waals surface area contributed by atoms with E-state index < -0.39 is 11.4 Å². The minimum absolute atomic E-state index is 0.0486. The predicted octanol–water partition coefficient (Wildman–Crippen LogP) is 0.370. The Morgan fingerprint density at radius 2 is 2.17 bits per heavy atom. The Morgan fingerprint density at radius 1 is 1.39 bits per heavy atom. The van der Waals surface area contributed by atoms with Gasteiger partial charge in [-0.15, -0.1) is 0 Å². The van der Waals surface area contributed by atoms with Crippen molar-refractivity contribution < 1.29 is 24.2 Å². The maximum absolute atomic E-state index is 11.3. The van der Waals surface area contributed by atoms with Crippen molar-refractivity contribution in [2.45, 2.75) is 5.41 Å². The highest BCUT2D eigenvalue weighted by Crippen LogP contribution is 2.37. The second-order valence-electron chi connectivity index (χ2n) is 4.43. The molecule has 1 saturated heterocycles. The molecule has 0 saturated carbocycles. The average molecular weight is 249 g/mol. The number of aliphatic carboxylic acids is 1. The second-order valence-corrected chi connectivity index (χ2v) is 4.43. The van der Waals surface area contributed by atoms with Gasteiger partial charge < -0.3 is 19.9 Å². The average Bonchev–Trinajstić information content (AvgIpc) is 2.27. The number of rotatable bonds is 2. The number of nitrogens with one attached hydrogen (secondary N) is 1. The summed E-state index contributed by atoms with van der Waals surface area (Å²) in [6, 6.07) is 5.00. The number of benzene rings is 1. The molecule has 1 amide bonds. The molecule has 0 atom stereocenters. The molecular weight excluding hydrogens is 238 g/mol. The molecule has 1 fully saturated rings. The third-order valence-electron chi connectivity index (χ3n) is 3.27. The third-order valence-corrected chi connectivity index (χ3v) is 3.27. The summed E-state index contributed by atoms with van der Waals surface area (Å²) in [7, 11) is 0. The monoisotopic (exact) mass is 249 g/mol. The number of carboxylic acids is 1. The first-order valence-electron chi connectivity index (χ1n) is 5.50. The number of ether oxygens (including phenoxy) is 2. The van der Waals surface area contributed by atoms with Crippen LogP contribution in [0, 0.1) is 0 Å². The van der Waals surface area contributed by atoms with Gasteiger partial charge in [-0.05, 0) is 17.7 Å². The number of carboxylic acid groups (broad SMARTS) is 1. The normalized spacial score (nSPS) is 20.1. The van der Waals surface area contributed by atoms with Crippen molar-refractivity contribution in [2.24, 2.45) is 0 Å². The summed E-state index contributed by atoms with van der Waals surface area (Å²) in [4.78, 5) is 22.5. The largest absolute Gasteiger partial charge is 0.482 e. The second kappa shape index (κ2) is 3.71. The molecule has 3 rings (SSSR count). The van der Waals surface area contributed by atoms with E-state index in [1.807, 2.05) is 0 Å². The van der Waals surface area contributed by atoms with E-state index in [0.717, 1.165) is 0 Å². The van der Waals surface area contributed by atoms with Crippen LogP contribution >= 0.6 is 0 Å². The van der Waals surface area contributed by atoms with Gasteiger partial charge in [0.25, 0.3) is 5.91 Å². The van der Waals surface area contributed by atoms with Gasteiger partial charge in [-0.1, -0.05) is 6.07 Å². The molecule has 2 aliphatic heterocycles. The van der Waals surface area contributed by atoms with E-state index in [4.69, 9.17) is 9.47 Å². The van der Waals surface area contributed by atoms with Gasteiger partial charge in [0.2, 0.25) is 0 Å². The Hall–Kier alpha value is -2.08. The highest BCUT2D eigenvalue weighted by molar-refractivity contribution is 5.95. The molecule has 0 bridgehead atoms. The summed E-state index contributed by atoms with van der Waals surface area (Å²) < 4.78 is 10.3. The van der Waals surface area contributed by atoms with Crippen molar-refractivity contribution in [1.29, 1.82) is 0 Å². The fraction of sp³-hybridized carbons (Fsp3) is 0.333. The van der Waals surface area contributed by atoms with Crippen molar-refractivity contribution in [1.82, 2.24) is 0 Å². The topological polar surface area (TPSA) is 84.9 Å². The van der Waals surface area contributed by atoms with Crippen molar-refractivity contribution in [2.75, 3.05) is 25.1 Å². The van der Waals surface area contributed by atoms with Crippen molar-refractivity contribution >= 4 is 17.6 Å². The number of carbonyl (C=O) groups is 2. The standard InChI is InChI=1S/C12H11NO5/c14-10-4-18-9-3-7(1-2-8(9)13-10)12(11(15)16)5-17-6-12/h1-3H,4-6H2,(H,13,14)(H,15,16). The van der Waals surface area contributed by atoms with Crippen LogP contribution in [0.4, 0.5) is 5.69 Å². The molecule has 6 nitrogen and oxygen atoms in total. The molecule has 0 aromatic heterocycles. The molecule has 2 heterocycles. The fourth-order valence-electron chi connectivity index (χ4n) is 2.09. The summed E-state index contributed by atoms with van der Waals surface area (Å²) >= 11 is 0. The number of anilines is 1. The maximum atomic E-state index is 11.3. The summed E-state index contributed by atoms with van der Waals surface area (Å²) in [6.07, 6.45) is 0. The molecular formula is C12H11NO5. The number of amides is 1. The van der Waals surface area contributed by atoms with E-state index in [1.54, 1.807) is 18.2 Å². The number of carbonyl (C=O) groups excluding carboxylic acids is 1.